The molecule has 1 saturated heterocycles. The molecule has 1 N–H and O–H groups in total. The SMILES string of the molecule is CCC(C)S(=O)(=O)N1CCNC(=O)C(Cc2ccccc2-c2ccc(OC)cc2)C1. The highest BCUT2D eigenvalue weighted by atomic mass is 32.2. The first kappa shape index (κ1) is 22.3. The van der Waals surface area contributed by atoms with Gasteiger partial charge in [0.2, 0.25) is 15.9 Å². The zero-order chi connectivity index (χ0) is 21.7. The van der Waals surface area contributed by atoms with Crippen LogP contribution in [0.2, 0.25) is 0 Å². The molecule has 2 atom stereocenters. The van der Waals surface area contributed by atoms with Gasteiger partial charge in [0.05, 0.1) is 18.3 Å². The van der Waals surface area contributed by atoms with Crippen LogP contribution in [0.15, 0.2) is 48.5 Å². The van der Waals surface area contributed by atoms with E-state index in [1.807, 2.05) is 55.5 Å². The van der Waals surface area contributed by atoms with E-state index in [-0.39, 0.29) is 12.5 Å². The van der Waals surface area contributed by atoms with E-state index >= 15 is 0 Å². The van der Waals surface area contributed by atoms with Crippen molar-refractivity contribution >= 4 is 15.9 Å². The number of hydrogen-bond donors (Lipinski definition) is 1. The first-order valence-electron chi connectivity index (χ1n) is 10.4. The molecule has 1 heterocycles. The van der Waals surface area contributed by atoms with Gasteiger partial charge in [-0.3, -0.25) is 4.79 Å². The van der Waals surface area contributed by atoms with Crippen LogP contribution < -0.4 is 10.1 Å². The summed E-state index contributed by atoms with van der Waals surface area (Å²) < 4.78 is 32.5. The molecule has 2 unspecified atom stereocenters. The van der Waals surface area contributed by atoms with E-state index in [0.717, 1.165) is 22.4 Å². The van der Waals surface area contributed by atoms with Gasteiger partial charge in [0, 0.05) is 19.6 Å². The number of nitrogens with one attached hydrogen (secondary N) is 1. The van der Waals surface area contributed by atoms with Crippen LogP contribution in [0.5, 0.6) is 5.75 Å². The Labute approximate surface area is 179 Å². The maximum atomic E-state index is 12.9. The van der Waals surface area contributed by atoms with Crippen molar-refractivity contribution in [2.75, 3.05) is 26.7 Å². The summed E-state index contributed by atoms with van der Waals surface area (Å²) >= 11 is 0. The Morgan fingerprint density at radius 2 is 1.87 bits per heavy atom. The molecule has 7 heteroatoms. The molecule has 1 fully saturated rings. The summed E-state index contributed by atoms with van der Waals surface area (Å²) in [5, 5.41) is 2.43. The average Bonchev–Trinajstić information content (AvgIpc) is 2.95. The van der Waals surface area contributed by atoms with E-state index in [4.69, 9.17) is 4.74 Å². The number of carbonyl (C=O) groups is 1. The van der Waals surface area contributed by atoms with Crippen LogP contribution in [-0.2, 0) is 21.2 Å². The molecule has 3 rings (SSSR count). The van der Waals surface area contributed by atoms with Crippen molar-refractivity contribution in [2.24, 2.45) is 5.92 Å². The molecule has 0 bridgehead atoms. The van der Waals surface area contributed by atoms with Crippen molar-refractivity contribution in [3.05, 3.63) is 54.1 Å². The van der Waals surface area contributed by atoms with E-state index in [0.29, 0.717) is 25.9 Å². The molecule has 162 valence electrons. The lowest BCUT2D eigenvalue weighted by molar-refractivity contribution is -0.124. The molecular weight excluding hydrogens is 400 g/mol. The Morgan fingerprint density at radius 1 is 1.17 bits per heavy atom. The number of amides is 1. The van der Waals surface area contributed by atoms with Gasteiger partial charge in [-0.1, -0.05) is 43.3 Å². The maximum Gasteiger partial charge on any atom is 0.224 e. The van der Waals surface area contributed by atoms with Crippen LogP contribution in [0.3, 0.4) is 0 Å². The standard InChI is InChI=1S/C23H30N2O4S/c1-4-17(2)30(27,28)25-14-13-24-23(26)20(16-25)15-19-7-5-6-8-22(19)18-9-11-21(29-3)12-10-18/h5-12,17,20H,4,13-16H2,1-3H3,(H,24,26). The highest BCUT2D eigenvalue weighted by molar-refractivity contribution is 7.89. The van der Waals surface area contributed by atoms with Gasteiger partial charge in [0.25, 0.3) is 0 Å². The van der Waals surface area contributed by atoms with Crippen molar-refractivity contribution in [3.63, 3.8) is 0 Å². The number of sulfonamides is 1. The molecule has 2 aromatic rings. The fourth-order valence-corrected chi connectivity index (χ4v) is 5.40. The fourth-order valence-electron chi connectivity index (χ4n) is 3.74. The molecule has 0 radical (unpaired) electrons. The van der Waals surface area contributed by atoms with Gasteiger partial charge in [0.15, 0.2) is 0 Å². The molecule has 0 aliphatic carbocycles. The van der Waals surface area contributed by atoms with Gasteiger partial charge >= 0.3 is 0 Å². The van der Waals surface area contributed by atoms with E-state index in [2.05, 4.69) is 5.32 Å². The van der Waals surface area contributed by atoms with Crippen molar-refractivity contribution in [3.8, 4) is 16.9 Å². The van der Waals surface area contributed by atoms with E-state index in [1.165, 1.54) is 4.31 Å². The number of ether oxygens (including phenoxy) is 1. The predicted molar refractivity (Wildman–Crippen MR) is 119 cm³/mol. The number of benzene rings is 2. The molecule has 6 nitrogen and oxygen atoms in total. The van der Waals surface area contributed by atoms with Gasteiger partial charge in [-0.25, -0.2) is 8.42 Å². The number of nitrogens with zero attached hydrogens (tertiary/aromatic N) is 1. The molecule has 30 heavy (non-hydrogen) atoms. The van der Waals surface area contributed by atoms with Crippen molar-refractivity contribution < 1.29 is 17.9 Å². The van der Waals surface area contributed by atoms with Crippen LogP contribution in [0, 0.1) is 5.92 Å². The Kier molecular flexibility index (Phi) is 7.15. The second kappa shape index (κ2) is 9.62. The Balaban J connectivity index is 1.88. The lowest BCUT2D eigenvalue weighted by Crippen LogP contribution is -2.41. The number of hydrogen-bond acceptors (Lipinski definition) is 4. The molecule has 1 amide bonds. The number of carbonyl (C=O) groups excluding carboxylic acids is 1. The minimum absolute atomic E-state index is 0.0959. The van der Waals surface area contributed by atoms with Crippen LogP contribution in [0.4, 0.5) is 0 Å². The maximum absolute atomic E-state index is 12.9. The summed E-state index contributed by atoms with van der Waals surface area (Å²) in [6.45, 7) is 4.45. The normalized spacial score (nSPS) is 19.0. The van der Waals surface area contributed by atoms with E-state index in [9.17, 15) is 13.2 Å². The van der Waals surface area contributed by atoms with Gasteiger partial charge < -0.3 is 10.1 Å². The predicted octanol–water partition coefficient (Wildman–Crippen LogP) is 3.08. The minimum Gasteiger partial charge on any atom is -0.497 e. The lowest BCUT2D eigenvalue weighted by atomic mass is 9.91. The molecule has 1 aliphatic rings. The zero-order valence-corrected chi connectivity index (χ0v) is 18.6. The topological polar surface area (TPSA) is 75.7 Å². The van der Waals surface area contributed by atoms with Crippen LogP contribution in [0.1, 0.15) is 25.8 Å². The third kappa shape index (κ3) is 4.84. The molecule has 0 aromatic heterocycles. The smallest absolute Gasteiger partial charge is 0.224 e. The Bertz CT molecular complexity index is 973. The van der Waals surface area contributed by atoms with Gasteiger partial charge in [-0.15, -0.1) is 0 Å². The highest BCUT2D eigenvalue weighted by Gasteiger charge is 2.34. The van der Waals surface area contributed by atoms with Crippen LogP contribution in [0.25, 0.3) is 11.1 Å². The fraction of sp³-hybridized carbons (Fsp3) is 0.435. The van der Waals surface area contributed by atoms with E-state index in [1.54, 1.807) is 14.0 Å². The Morgan fingerprint density at radius 3 is 2.53 bits per heavy atom. The van der Waals surface area contributed by atoms with Crippen molar-refractivity contribution in [2.45, 2.75) is 31.9 Å². The number of rotatable bonds is 7. The monoisotopic (exact) mass is 430 g/mol. The first-order chi connectivity index (χ1) is 14.4. The first-order valence-corrected chi connectivity index (χ1v) is 11.9. The van der Waals surface area contributed by atoms with Crippen molar-refractivity contribution in [1.29, 1.82) is 0 Å². The molecule has 2 aromatic carbocycles. The van der Waals surface area contributed by atoms with Crippen LogP contribution in [-0.4, -0.2) is 50.6 Å². The van der Waals surface area contributed by atoms with Gasteiger partial charge in [-0.05, 0) is 48.6 Å². The summed E-state index contributed by atoms with van der Waals surface area (Å²) in [6.07, 6.45) is 1.02. The summed E-state index contributed by atoms with van der Waals surface area (Å²) in [7, 11) is -1.80. The summed E-state index contributed by atoms with van der Waals surface area (Å²) in [5.41, 5.74) is 3.09. The largest absolute Gasteiger partial charge is 0.497 e. The zero-order valence-electron chi connectivity index (χ0n) is 17.8. The number of methoxy groups -OCH3 is 1. The molecular formula is C23H30N2O4S. The average molecular weight is 431 g/mol. The summed E-state index contributed by atoms with van der Waals surface area (Å²) in [6, 6.07) is 15.7. The van der Waals surface area contributed by atoms with E-state index < -0.39 is 21.2 Å². The third-order valence-electron chi connectivity index (χ3n) is 5.78. The van der Waals surface area contributed by atoms with Gasteiger partial charge in [-0.2, -0.15) is 4.31 Å². The minimum atomic E-state index is -3.43. The lowest BCUT2D eigenvalue weighted by Gasteiger charge is -2.26. The van der Waals surface area contributed by atoms with Gasteiger partial charge in [0.1, 0.15) is 5.75 Å². The molecule has 0 spiro atoms. The quantitative estimate of drug-likeness (QED) is 0.732. The second-order valence-electron chi connectivity index (χ2n) is 7.70. The third-order valence-corrected chi connectivity index (χ3v) is 8.18. The second-order valence-corrected chi connectivity index (χ2v) is 10.1. The molecule has 1 aliphatic heterocycles. The molecule has 0 saturated carbocycles. The van der Waals surface area contributed by atoms with Crippen LogP contribution >= 0.6 is 0 Å². The summed E-state index contributed by atoms with van der Waals surface area (Å²) in [5.74, 6) is 0.248. The Hall–Kier alpha value is -2.38. The van der Waals surface area contributed by atoms with Crippen molar-refractivity contribution in [1.82, 2.24) is 9.62 Å². The highest BCUT2D eigenvalue weighted by Crippen LogP contribution is 2.28. The summed E-state index contributed by atoms with van der Waals surface area (Å²) in [4.78, 5) is 12.7.